The molecule has 0 radical (unpaired) electrons. The second-order valence-corrected chi connectivity index (χ2v) is 6.36. The van der Waals surface area contributed by atoms with E-state index in [1.54, 1.807) is 0 Å². The maximum atomic E-state index is 12.0. The van der Waals surface area contributed by atoms with Gasteiger partial charge in [0.2, 0.25) is 0 Å². The summed E-state index contributed by atoms with van der Waals surface area (Å²) in [6.07, 6.45) is -6.26. The number of hydrogen-bond acceptors (Lipinski definition) is 3. The minimum absolute atomic E-state index is 0.103. The van der Waals surface area contributed by atoms with Crippen molar-refractivity contribution in [3.63, 3.8) is 0 Å². The first-order valence-corrected chi connectivity index (χ1v) is 7.36. The van der Waals surface area contributed by atoms with Crippen LogP contribution in [0.2, 0.25) is 0 Å². The molecular weight excluding hydrogens is 297 g/mol. The summed E-state index contributed by atoms with van der Waals surface area (Å²) in [5.41, 5.74) is 0.423. The highest BCUT2D eigenvalue weighted by molar-refractivity contribution is 7.91. The standard InChI is InChI=1S/C12H13F3O4S/c13-12(14,15)6-1-7-20(18,19)10-4-2-9(3-5-10)8-11(16)17/h2-5H,1,6-8H2,(H,16,17). The largest absolute Gasteiger partial charge is 0.481 e. The summed E-state index contributed by atoms with van der Waals surface area (Å²) in [5.74, 6) is -1.64. The van der Waals surface area contributed by atoms with Gasteiger partial charge in [-0.15, -0.1) is 0 Å². The normalized spacial score (nSPS) is 12.3. The first-order valence-electron chi connectivity index (χ1n) is 5.70. The number of halogens is 3. The molecule has 0 aliphatic rings. The van der Waals surface area contributed by atoms with Crippen LogP contribution >= 0.6 is 0 Å². The number of benzene rings is 1. The number of alkyl halides is 3. The van der Waals surface area contributed by atoms with Crippen LogP contribution in [0.5, 0.6) is 0 Å². The molecule has 0 saturated heterocycles. The van der Waals surface area contributed by atoms with Crippen LogP contribution < -0.4 is 0 Å². The Hall–Kier alpha value is -1.57. The highest BCUT2D eigenvalue weighted by Gasteiger charge is 2.27. The Morgan fingerprint density at radius 3 is 2.15 bits per heavy atom. The third-order valence-electron chi connectivity index (χ3n) is 2.51. The third-order valence-corrected chi connectivity index (χ3v) is 4.33. The molecular formula is C12H13F3O4S. The molecule has 1 N–H and O–H groups in total. The molecule has 0 spiro atoms. The van der Waals surface area contributed by atoms with E-state index in [-0.39, 0.29) is 11.3 Å². The van der Waals surface area contributed by atoms with E-state index >= 15 is 0 Å². The number of aliphatic carboxylic acids is 1. The summed E-state index contributed by atoms with van der Waals surface area (Å²) in [5, 5.41) is 8.56. The van der Waals surface area contributed by atoms with Gasteiger partial charge in [0.05, 0.1) is 17.1 Å². The quantitative estimate of drug-likeness (QED) is 0.876. The Morgan fingerprint density at radius 2 is 1.70 bits per heavy atom. The lowest BCUT2D eigenvalue weighted by atomic mass is 10.2. The Bertz CT molecular complexity index is 561. The zero-order chi connectivity index (χ0) is 15.4. The molecule has 0 aliphatic heterocycles. The molecule has 0 saturated carbocycles. The van der Waals surface area contributed by atoms with Crippen LogP contribution in [0.1, 0.15) is 18.4 Å². The van der Waals surface area contributed by atoms with E-state index in [2.05, 4.69) is 0 Å². The van der Waals surface area contributed by atoms with E-state index in [1.165, 1.54) is 24.3 Å². The molecule has 0 heterocycles. The topological polar surface area (TPSA) is 71.4 Å². The average Bonchev–Trinajstić information content (AvgIpc) is 2.26. The van der Waals surface area contributed by atoms with Gasteiger partial charge in [0.1, 0.15) is 0 Å². The molecule has 0 amide bonds. The van der Waals surface area contributed by atoms with Gasteiger partial charge in [0.25, 0.3) is 0 Å². The zero-order valence-electron chi connectivity index (χ0n) is 10.4. The first kappa shape index (κ1) is 16.5. The molecule has 1 aromatic rings. The van der Waals surface area contributed by atoms with Gasteiger partial charge in [-0.2, -0.15) is 13.2 Å². The number of hydrogen-bond donors (Lipinski definition) is 1. The van der Waals surface area contributed by atoms with E-state index in [0.717, 1.165) is 0 Å². The van der Waals surface area contributed by atoms with E-state index in [0.29, 0.717) is 5.56 Å². The molecule has 0 bridgehead atoms. The molecule has 0 unspecified atom stereocenters. The van der Waals surface area contributed by atoms with Crippen LogP contribution in [-0.4, -0.2) is 31.4 Å². The second-order valence-electron chi connectivity index (χ2n) is 4.25. The Balaban J connectivity index is 2.70. The van der Waals surface area contributed by atoms with Gasteiger partial charge in [-0.05, 0) is 24.1 Å². The van der Waals surface area contributed by atoms with Crippen molar-refractivity contribution in [3.05, 3.63) is 29.8 Å². The van der Waals surface area contributed by atoms with Crippen LogP contribution in [0.4, 0.5) is 13.2 Å². The molecule has 0 aliphatic carbocycles. The molecule has 1 aromatic carbocycles. The van der Waals surface area contributed by atoms with Crippen LogP contribution in [0.25, 0.3) is 0 Å². The van der Waals surface area contributed by atoms with Crippen molar-refractivity contribution in [2.45, 2.75) is 30.3 Å². The summed E-state index contributed by atoms with van der Waals surface area (Å²) in [7, 11) is -3.78. The fourth-order valence-corrected chi connectivity index (χ4v) is 2.88. The second kappa shape index (κ2) is 6.25. The molecule has 20 heavy (non-hydrogen) atoms. The predicted octanol–water partition coefficient (Wildman–Crippen LogP) is 2.43. The Kier molecular flexibility index (Phi) is 5.15. The van der Waals surface area contributed by atoms with Gasteiger partial charge in [0.15, 0.2) is 9.84 Å². The molecule has 112 valence electrons. The monoisotopic (exact) mass is 310 g/mol. The number of carbonyl (C=O) groups is 1. The smallest absolute Gasteiger partial charge is 0.389 e. The minimum atomic E-state index is -4.37. The van der Waals surface area contributed by atoms with Crippen LogP contribution in [0.3, 0.4) is 0 Å². The van der Waals surface area contributed by atoms with E-state index in [1.807, 2.05) is 0 Å². The van der Waals surface area contributed by atoms with Crippen molar-refractivity contribution in [2.75, 3.05) is 5.75 Å². The van der Waals surface area contributed by atoms with Crippen molar-refractivity contribution < 1.29 is 31.5 Å². The molecule has 8 heteroatoms. The Morgan fingerprint density at radius 1 is 1.15 bits per heavy atom. The molecule has 1 rings (SSSR count). The van der Waals surface area contributed by atoms with Gasteiger partial charge in [-0.25, -0.2) is 8.42 Å². The maximum absolute atomic E-state index is 12.0. The van der Waals surface area contributed by atoms with Gasteiger partial charge in [-0.3, -0.25) is 4.79 Å². The number of carboxylic acids is 1. The zero-order valence-corrected chi connectivity index (χ0v) is 11.2. The van der Waals surface area contributed by atoms with Crippen molar-refractivity contribution in [1.82, 2.24) is 0 Å². The minimum Gasteiger partial charge on any atom is -0.481 e. The summed E-state index contributed by atoms with van der Waals surface area (Å²) in [6.45, 7) is 0. The Labute approximate surface area is 114 Å². The van der Waals surface area contributed by atoms with Gasteiger partial charge >= 0.3 is 12.1 Å². The van der Waals surface area contributed by atoms with Crippen LogP contribution in [0, 0.1) is 0 Å². The molecule has 0 aromatic heterocycles. The highest BCUT2D eigenvalue weighted by Crippen LogP contribution is 2.23. The van der Waals surface area contributed by atoms with Gasteiger partial charge in [-0.1, -0.05) is 12.1 Å². The third kappa shape index (κ3) is 5.60. The summed E-state index contributed by atoms with van der Waals surface area (Å²) < 4.78 is 59.4. The molecule has 0 atom stereocenters. The van der Waals surface area contributed by atoms with Crippen molar-refractivity contribution >= 4 is 15.8 Å². The lowest BCUT2D eigenvalue weighted by molar-refractivity contribution is -0.136. The van der Waals surface area contributed by atoms with Crippen molar-refractivity contribution in [2.24, 2.45) is 0 Å². The predicted molar refractivity (Wildman–Crippen MR) is 65.1 cm³/mol. The molecule has 4 nitrogen and oxygen atoms in total. The first-order chi connectivity index (χ1) is 9.10. The number of carboxylic acid groups (broad SMARTS) is 1. The van der Waals surface area contributed by atoms with Gasteiger partial charge in [0, 0.05) is 6.42 Å². The fourth-order valence-electron chi connectivity index (χ4n) is 1.57. The van der Waals surface area contributed by atoms with Crippen LogP contribution in [-0.2, 0) is 21.1 Å². The molecule has 0 fully saturated rings. The van der Waals surface area contributed by atoms with E-state index in [4.69, 9.17) is 5.11 Å². The van der Waals surface area contributed by atoms with E-state index < -0.39 is 40.6 Å². The van der Waals surface area contributed by atoms with Gasteiger partial charge < -0.3 is 5.11 Å². The highest BCUT2D eigenvalue weighted by atomic mass is 32.2. The summed E-state index contributed by atoms with van der Waals surface area (Å²) in [6, 6.07) is 5.10. The van der Waals surface area contributed by atoms with Crippen molar-refractivity contribution in [1.29, 1.82) is 0 Å². The average molecular weight is 310 g/mol. The van der Waals surface area contributed by atoms with Crippen molar-refractivity contribution in [3.8, 4) is 0 Å². The summed E-state index contributed by atoms with van der Waals surface area (Å²) in [4.78, 5) is 10.4. The van der Waals surface area contributed by atoms with E-state index in [9.17, 15) is 26.4 Å². The number of rotatable bonds is 6. The SMILES string of the molecule is O=C(O)Cc1ccc(S(=O)(=O)CCCC(F)(F)F)cc1. The summed E-state index contributed by atoms with van der Waals surface area (Å²) >= 11 is 0. The lowest BCUT2D eigenvalue weighted by Crippen LogP contribution is -2.12. The lowest BCUT2D eigenvalue weighted by Gasteiger charge is -2.07. The fraction of sp³-hybridized carbons (Fsp3) is 0.417. The maximum Gasteiger partial charge on any atom is 0.389 e. The number of sulfone groups is 1. The van der Waals surface area contributed by atoms with Crippen LogP contribution in [0.15, 0.2) is 29.2 Å².